The van der Waals surface area contributed by atoms with Crippen molar-refractivity contribution >= 4 is 27.6 Å². The molecule has 1 N–H and O–H groups in total. The van der Waals surface area contributed by atoms with E-state index in [-0.39, 0.29) is 6.03 Å². The number of piperazine rings is 1. The summed E-state index contributed by atoms with van der Waals surface area (Å²) in [4.78, 5) is 21.0. The molecule has 2 aromatic rings. The third kappa shape index (κ3) is 4.33. The summed E-state index contributed by atoms with van der Waals surface area (Å²) in [5, 5.41) is 3.01. The molecule has 0 radical (unpaired) electrons. The lowest BCUT2D eigenvalue weighted by Gasteiger charge is -2.34. The van der Waals surface area contributed by atoms with E-state index in [4.69, 9.17) is 0 Å². The summed E-state index contributed by atoms with van der Waals surface area (Å²) in [5.74, 6) is 0. The van der Waals surface area contributed by atoms with Crippen LogP contribution in [-0.2, 0) is 6.54 Å². The minimum Gasteiger partial charge on any atom is -0.322 e. The van der Waals surface area contributed by atoms with Gasteiger partial charge in [-0.1, -0.05) is 22.0 Å². The van der Waals surface area contributed by atoms with Gasteiger partial charge in [0, 0.05) is 49.1 Å². The Morgan fingerprint density at radius 2 is 2.00 bits per heavy atom. The average molecular weight is 389 g/mol. The first-order chi connectivity index (χ1) is 11.6. The van der Waals surface area contributed by atoms with Gasteiger partial charge in [-0.25, -0.2) is 4.79 Å². The summed E-state index contributed by atoms with van der Waals surface area (Å²) in [5.41, 5.74) is 2.98. The van der Waals surface area contributed by atoms with E-state index in [9.17, 15) is 4.79 Å². The number of aryl methyl sites for hydroxylation is 1. The zero-order chi connectivity index (χ0) is 16.9. The Kier molecular flexibility index (Phi) is 5.48. The Morgan fingerprint density at radius 3 is 2.67 bits per heavy atom. The van der Waals surface area contributed by atoms with Crippen LogP contribution in [-0.4, -0.2) is 47.0 Å². The molecule has 0 aliphatic carbocycles. The highest BCUT2D eigenvalue weighted by molar-refractivity contribution is 9.10. The Labute approximate surface area is 150 Å². The molecule has 2 heterocycles. The van der Waals surface area contributed by atoms with Crippen LogP contribution < -0.4 is 5.32 Å². The molecule has 3 rings (SSSR count). The Bertz CT molecular complexity index is 699. The lowest BCUT2D eigenvalue weighted by molar-refractivity contribution is 0.142. The molecular formula is C18H21BrN4O. The molecule has 0 unspecified atom stereocenters. The summed E-state index contributed by atoms with van der Waals surface area (Å²) < 4.78 is 1.01. The van der Waals surface area contributed by atoms with Gasteiger partial charge in [0.05, 0.1) is 5.69 Å². The minimum atomic E-state index is -0.0297. The van der Waals surface area contributed by atoms with Crippen LogP contribution in [0.25, 0.3) is 0 Å². The number of pyridine rings is 1. The van der Waals surface area contributed by atoms with Crippen LogP contribution in [0, 0.1) is 6.92 Å². The molecule has 2 amide bonds. The molecular weight excluding hydrogens is 368 g/mol. The number of aromatic nitrogens is 1. The van der Waals surface area contributed by atoms with Crippen molar-refractivity contribution < 1.29 is 4.79 Å². The van der Waals surface area contributed by atoms with Crippen molar-refractivity contribution in [3.8, 4) is 0 Å². The number of rotatable bonds is 3. The number of hydrogen-bond acceptors (Lipinski definition) is 3. The molecule has 0 saturated carbocycles. The fourth-order valence-electron chi connectivity index (χ4n) is 2.79. The van der Waals surface area contributed by atoms with E-state index in [2.05, 4.69) is 31.1 Å². The number of halogens is 1. The fourth-order valence-corrected chi connectivity index (χ4v) is 3.27. The molecule has 1 aliphatic heterocycles. The third-order valence-electron chi connectivity index (χ3n) is 4.20. The normalized spacial score (nSPS) is 15.3. The summed E-state index contributed by atoms with van der Waals surface area (Å²) in [6.45, 7) is 6.02. The first-order valence-corrected chi connectivity index (χ1v) is 8.85. The molecule has 1 saturated heterocycles. The molecule has 5 nitrogen and oxygen atoms in total. The zero-order valence-electron chi connectivity index (χ0n) is 13.7. The number of urea groups is 1. The SMILES string of the molecule is Cc1cc(Br)ccc1NC(=O)N1CCN(Cc2ccccn2)CC1. The molecule has 0 atom stereocenters. The van der Waals surface area contributed by atoms with Crippen LogP contribution in [0.3, 0.4) is 0 Å². The van der Waals surface area contributed by atoms with Crippen molar-refractivity contribution in [3.63, 3.8) is 0 Å². The van der Waals surface area contributed by atoms with Crippen LogP contribution in [0.1, 0.15) is 11.3 Å². The number of anilines is 1. The lowest BCUT2D eigenvalue weighted by Crippen LogP contribution is -2.49. The molecule has 0 spiro atoms. The first-order valence-electron chi connectivity index (χ1n) is 8.06. The van der Waals surface area contributed by atoms with E-state index < -0.39 is 0 Å². The number of benzene rings is 1. The molecule has 126 valence electrons. The van der Waals surface area contributed by atoms with E-state index in [1.807, 2.05) is 54.4 Å². The number of carbonyl (C=O) groups excluding carboxylic acids is 1. The number of amides is 2. The Balaban J connectivity index is 1.51. The van der Waals surface area contributed by atoms with E-state index >= 15 is 0 Å². The van der Waals surface area contributed by atoms with E-state index in [1.54, 1.807) is 0 Å². The highest BCUT2D eigenvalue weighted by atomic mass is 79.9. The van der Waals surface area contributed by atoms with Crippen molar-refractivity contribution in [2.75, 3.05) is 31.5 Å². The molecule has 1 aromatic heterocycles. The fraction of sp³-hybridized carbons (Fsp3) is 0.333. The largest absolute Gasteiger partial charge is 0.322 e. The first kappa shape index (κ1) is 16.9. The van der Waals surface area contributed by atoms with Gasteiger partial charge >= 0.3 is 6.03 Å². The Morgan fingerprint density at radius 1 is 1.21 bits per heavy atom. The molecule has 6 heteroatoms. The smallest absolute Gasteiger partial charge is 0.321 e. The van der Waals surface area contributed by atoms with Crippen LogP contribution in [0.15, 0.2) is 47.1 Å². The van der Waals surface area contributed by atoms with Gasteiger partial charge in [-0.15, -0.1) is 0 Å². The maximum Gasteiger partial charge on any atom is 0.321 e. The van der Waals surface area contributed by atoms with Crippen LogP contribution >= 0.6 is 15.9 Å². The second kappa shape index (κ2) is 7.77. The quantitative estimate of drug-likeness (QED) is 0.874. The second-order valence-corrected chi connectivity index (χ2v) is 6.89. The summed E-state index contributed by atoms with van der Waals surface area (Å²) in [7, 11) is 0. The van der Waals surface area contributed by atoms with Gasteiger partial charge in [0.2, 0.25) is 0 Å². The average Bonchev–Trinajstić information content (AvgIpc) is 2.59. The molecule has 1 fully saturated rings. The third-order valence-corrected chi connectivity index (χ3v) is 4.69. The van der Waals surface area contributed by atoms with Crippen molar-refractivity contribution in [3.05, 3.63) is 58.3 Å². The number of hydrogen-bond donors (Lipinski definition) is 1. The second-order valence-electron chi connectivity index (χ2n) is 5.97. The number of carbonyl (C=O) groups is 1. The van der Waals surface area contributed by atoms with Crippen LogP contribution in [0.5, 0.6) is 0 Å². The maximum atomic E-state index is 12.4. The topological polar surface area (TPSA) is 48.5 Å². The van der Waals surface area contributed by atoms with Crippen LogP contribution in [0.4, 0.5) is 10.5 Å². The molecule has 1 aliphatic rings. The highest BCUT2D eigenvalue weighted by Crippen LogP contribution is 2.20. The maximum absolute atomic E-state index is 12.4. The highest BCUT2D eigenvalue weighted by Gasteiger charge is 2.21. The molecule has 0 bridgehead atoms. The van der Waals surface area contributed by atoms with E-state index in [0.29, 0.717) is 0 Å². The summed E-state index contributed by atoms with van der Waals surface area (Å²) in [6.07, 6.45) is 1.82. The summed E-state index contributed by atoms with van der Waals surface area (Å²) >= 11 is 3.44. The van der Waals surface area contributed by atoms with Gasteiger partial charge in [0.15, 0.2) is 0 Å². The monoisotopic (exact) mass is 388 g/mol. The van der Waals surface area contributed by atoms with E-state index in [0.717, 1.165) is 54.1 Å². The minimum absolute atomic E-state index is 0.0297. The van der Waals surface area contributed by atoms with Gasteiger partial charge in [0.25, 0.3) is 0 Å². The van der Waals surface area contributed by atoms with Crippen LogP contribution in [0.2, 0.25) is 0 Å². The number of nitrogens with zero attached hydrogens (tertiary/aromatic N) is 3. The van der Waals surface area contributed by atoms with Crippen molar-refractivity contribution in [1.82, 2.24) is 14.8 Å². The predicted molar refractivity (Wildman–Crippen MR) is 99.0 cm³/mol. The Hall–Kier alpha value is -1.92. The van der Waals surface area contributed by atoms with Gasteiger partial charge in [0.1, 0.15) is 0 Å². The van der Waals surface area contributed by atoms with Gasteiger partial charge in [-0.05, 0) is 42.8 Å². The number of nitrogens with one attached hydrogen (secondary N) is 1. The van der Waals surface area contributed by atoms with Gasteiger partial charge in [-0.2, -0.15) is 0 Å². The van der Waals surface area contributed by atoms with Crippen molar-refractivity contribution in [2.24, 2.45) is 0 Å². The predicted octanol–water partition coefficient (Wildman–Crippen LogP) is 3.50. The zero-order valence-corrected chi connectivity index (χ0v) is 15.3. The van der Waals surface area contributed by atoms with Crippen molar-refractivity contribution in [2.45, 2.75) is 13.5 Å². The standard InChI is InChI=1S/C18H21BrN4O/c1-14-12-15(19)5-6-17(14)21-18(24)23-10-8-22(9-11-23)13-16-4-2-3-7-20-16/h2-7,12H,8-11,13H2,1H3,(H,21,24). The van der Waals surface area contributed by atoms with Gasteiger partial charge < -0.3 is 10.2 Å². The van der Waals surface area contributed by atoms with Crippen molar-refractivity contribution in [1.29, 1.82) is 0 Å². The molecule has 1 aromatic carbocycles. The van der Waals surface area contributed by atoms with E-state index in [1.165, 1.54) is 0 Å². The summed E-state index contributed by atoms with van der Waals surface area (Å²) in [6, 6.07) is 11.8. The lowest BCUT2D eigenvalue weighted by atomic mass is 10.2. The molecule has 24 heavy (non-hydrogen) atoms. The van der Waals surface area contributed by atoms with Gasteiger partial charge in [-0.3, -0.25) is 9.88 Å².